The standard InChI is InChI=1S/C26H27N5O/c1-27-20-6-4-5-18(15-20)25-22-9-10-28-17-23(22)21-8-7-19(16-24(21)30-25)26(32)29-11-14-31-12-2-3-13-31/h4-10,15-17,27H,2-3,11-14H2,1H3,(H,29,32). The zero-order valence-electron chi connectivity index (χ0n) is 18.3. The summed E-state index contributed by atoms with van der Waals surface area (Å²) in [6.07, 6.45) is 6.18. The molecule has 0 radical (unpaired) electrons. The number of aromatic nitrogens is 2. The first kappa shape index (κ1) is 20.4. The van der Waals surface area contributed by atoms with Crippen LogP contribution in [0.1, 0.15) is 23.2 Å². The van der Waals surface area contributed by atoms with E-state index in [0.29, 0.717) is 12.1 Å². The van der Waals surface area contributed by atoms with Gasteiger partial charge in [0, 0.05) is 65.5 Å². The second-order valence-corrected chi connectivity index (χ2v) is 8.25. The van der Waals surface area contributed by atoms with Gasteiger partial charge in [0.25, 0.3) is 5.91 Å². The molecule has 1 aliphatic rings. The number of carbonyl (C=O) groups is 1. The molecule has 32 heavy (non-hydrogen) atoms. The zero-order chi connectivity index (χ0) is 21.9. The van der Waals surface area contributed by atoms with Gasteiger partial charge in [0.2, 0.25) is 0 Å². The number of anilines is 1. The third-order valence-electron chi connectivity index (χ3n) is 6.20. The zero-order valence-corrected chi connectivity index (χ0v) is 18.3. The number of likely N-dealkylation sites (tertiary alicyclic amines) is 1. The Labute approximate surface area is 187 Å². The van der Waals surface area contributed by atoms with E-state index in [0.717, 1.165) is 58.3 Å². The van der Waals surface area contributed by atoms with Crippen molar-refractivity contribution in [2.24, 2.45) is 0 Å². The molecule has 162 valence electrons. The van der Waals surface area contributed by atoms with Gasteiger partial charge in [0.1, 0.15) is 0 Å². The van der Waals surface area contributed by atoms with Crippen LogP contribution in [0.3, 0.4) is 0 Å². The Bertz CT molecular complexity index is 1280. The van der Waals surface area contributed by atoms with Crippen molar-refractivity contribution in [1.82, 2.24) is 20.2 Å². The van der Waals surface area contributed by atoms with Crippen LogP contribution in [-0.4, -0.2) is 54.0 Å². The fourth-order valence-corrected chi connectivity index (χ4v) is 4.47. The van der Waals surface area contributed by atoms with Gasteiger partial charge >= 0.3 is 0 Å². The number of nitrogens with zero attached hydrogens (tertiary/aromatic N) is 3. The summed E-state index contributed by atoms with van der Waals surface area (Å²) in [6, 6.07) is 15.9. The van der Waals surface area contributed by atoms with Crippen molar-refractivity contribution in [2.45, 2.75) is 12.8 Å². The van der Waals surface area contributed by atoms with Gasteiger partial charge in [-0.2, -0.15) is 0 Å². The lowest BCUT2D eigenvalue weighted by atomic mass is 10.00. The molecule has 1 aliphatic heterocycles. The van der Waals surface area contributed by atoms with E-state index in [4.69, 9.17) is 4.98 Å². The highest BCUT2D eigenvalue weighted by atomic mass is 16.1. The highest BCUT2D eigenvalue weighted by Crippen LogP contribution is 2.33. The predicted octanol–water partition coefficient (Wildman–Crippen LogP) is 4.32. The molecule has 1 amide bonds. The first-order valence-corrected chi connectivity index (χ1v) is 11.2. The minimum atomic E-state index is -0.0575. The lowest BCUT2D eigenvalue weighted by molar-refractivity contribution is 0.0950. The molecule has 5 rings (SSSR count). The Morgan fingerprint density at radius 3 is 2.75 bits per heavy atom. The third-order valence-corrected chi connectivity index (χ3v) is 6.20. The lowest BCUT2D eigenvalue weighted by Crippen LogP contribution is -2.33. The Morgan fingerprint density at radius 1 is 1.03 bits per heavy atom. The summed E-state index contributed by atoms with van der Waals surface area (Å²) in [5.41, 5.74) is 4.36. The first-order chi connectivity index (χ1) is 15.7. The topological polar surface area (TPSA) is 70.2 Å². The molecule has 2 aromatic carbocycles. The van der Waals surface area contributed by atoms with Gasteiger partial charge in [0.15, 0.2) is 0 Å². The molecule has 6 nitrogen and oxygen atoms in total. The van der Waals surface area contributed by atoms with Crippen molar-refractivity contribution in [1.29, 1.82) is 0 Å². The number of fused-ring (bicyclic) bond motifs is 3. The van der Waals surface area contributed by atoms with Crippen LogP contribution in [0.5, 0.6) is 0 Å². The molecule has 0 atom stereocenters. The summed E-state index contributed by atoms with van der Waals surface area (Å²) >= 11 is 0. The van der Waals surface area contributed by atoms with Crippen molar-refractivity contribution in [2.75, 3.05) is 38.5 Å². The van der Waals surface area contributed by atoms with Gasteiger partial charge in [0.05, 0.1) is 11.2 Å². The minimum Gasteiger partial charge on any atom is -0.388 e. The molecule has 0 aliphatic carbocycles. The summed E-state index contributed by atoms with van der Waals surface area (Å²) in [6.45, 7) is 3.83. The average Bonchev–Trinajstić information content (AvgIpc) is 3.36. The molecule has 0 spiro atoms. The van der Waals surface area contributed by atoms with Crippen molar-refractivity contribution in [3.8, 4) is 11.3 Å². The molecule has 0 saturated carbocycles. The fourth-order valence-electron chi connectivity index (χ4n) is 4.47. The van der Waals surface area contributed by atoms with E-state index >= 15 is 0 Å². The monoisotopic (exact) mass is 425 g/mol. The largest absolute Gasteiger partial charge is 0.388 e. The van der Waals surface area contributed by atoms with Crippen LogP contribution in [0, 0.1) is 0 Å². The molecule has 6 heteroatoms. The maximum Gasteiger partial charge on any atom is 0.251 e. The quantitative estimate of drug-likeness (QED) is 0.450. The van der Waals surface area contributed by atoms with Gasteiger partial charge in [-0.25, -0.2) is 4.98 Å². The number of pyridine rings is 2. The molecule has 1 saturated heterocycles. The highest BCUT2D eigenvalue weighted by Gasteiger charge is 2.15. The van der Waals surface area contributed by atoms with Crippen molar-refractivity contribution in [3.63, 3.8) is 0 Å². The molecule has 2 N–H and O–H groups in total. The van der Waals surface area contributed by atoms with E-state index in [2.05, 4.69) is 32.7 Å². The van der Waals surface area contributed by atoms with Gasteiger partial charge < -0.3 is 15.5 Å². The summed E-state index contributed by atoms with van der Waals surface area (Å²) < 4.78 is 0. The van der Waals surface area contributed by atoms with Crippen LogP contribution in [0.25, 0.3) is 32.9 Å². The Morgan fingerprint density at radius 2 is 1.91 bits per heavy atom. The fraction of sp³-hybridized carbons (Fsp3) is 0.269. The predicted molar refractivity (Wildman–Crippen MR) is 130 cm³/mol. The van der Waals surface area contributed by atoms with Gasteiger partial charge in [-0.15, -0.1) is 0 Å². The number of benzene rings is 2. The Kier molecular flexibility index (Phi) is 5.69. The number of carbonyl (C=O) groups excluding carboxylic acids is 1. The second kappa shape index (κ2) is 8.93. The smallest absolute Gasteiger partial charge is 0.251 e. The third kappa shape index (κ3) is 4.01. The van der Waals surface area contributed by atoms with Crippen LogP contribution in [0.2, 0.25) is 0 Å². The second-order valence-electron chi connectivity index (χ2n) is 8.25. The van der Waals surface area contributed by atoms with Crippen LogP contribution in [0.4, 0.5) is 5.69 Å². The van der Waals surface area contributed by atoms with E-state index in [1.54, 1.807) is 6.20 Å². The first-order valence-electron chi connectivity index (χ1n) is 11.2. The molecule has 4 aromatic rings. The van der Waals surface area contributed by atoms with Crippen LogP contribution < -0.4 is 10.6 Å². The molecular weight excluding hydrogens is 398 g/mol. The number of nitrogens with one attached hydrogen (secondary N) is 2. The SMILES string of the molecule is CNc1cccc(-c2nc3cc(C(=O)NCCN4CCCC4)ccc3c3cnccc23)c1. The molecule has 0 unspecified atom stereocenters. The summed E-state index contributed by atoms with van der Waals surface area (Å²) in [5, 5.41) is 9.32. The molecular formula is C26H27N5O. The van der Waals surface area contributed by atoms with Gasteiger partial charge in [-0.1, -0.05) is 18.2 Å². The summed E-state index contributed by atoms with van der Waals surface area (Å²) in [5.74, 6) is -0.0575. The van der Waals surface area contributed by atoms with Crippen molar-refractivity contribution in [3.05, 3.63) is 66.5 Å². The minimum absolute atomic E-state index is 0.0575. The lowest BCUT2D eigenvalue weighted by Gasteiger charge is -2.15. The number of hydrogen-bond acceptors (Lipinski definition) is 5. The Hall–Kier alpha value is -3.51. The average molecular weight is 426 g/mol. The van der Waals surface area contributed by atoms with E-state index in [1.807, 2.05) is 49.6 Å². The number of amides is 1. The van der Waals surface area contributed by atoms with Crippen LogP contribution >= 0.6 is 0 Å². The number of hydrogen-bond donors (Lipinski definition) is 2. The number of rotatable bonds is 6. The maximum atomic E-state index is 12.8. The van der Waals surface area contributed by atoms with Gasteiger partial charge in [-0.3, -0.25) is 9.78 Å². The highest BCUT2D eigenvalue weighted by molar-refractivity contribution is 6.12. The van der Waals surface area contributed by atoms with Crippen LogP contribution in [0.15, 0.2) is 60.9 Å². The normalized spacial score (nSPS) is 14.2. The molecule has 2 aromatic heterocycles. The van der Waals surface area contributed by atoms with E-state index in [1.165, 1.54) is 12.8 Å². The summed E-state index contributed by atoms with van der Waals surface area (Å²) in [7, 11) is 1.91. The van der Waals surface area contributed by atoms with E-state index in [-0.39, 0.29) is 5.91 Å². The maximum absolute atomic E-state index is 12.8. The van der Waals surface area contributed by atoms with Crippen molar-refractivity contribution < 1.29 is 4.79 Å². The van der Waals surface area contributed by atoms with Crippen molar-refractivity contribution >= 4 is 33.3 Å². The van der Waals surface area contributed by atoms with Gasteiger partial charge in [-0.05, 0) is 56.3 Å². The molecule has 1 fully saturated rings. The van der Waals surface area contributed by atoms with Crippen LogP contribution in [-0.2, 0) is 0 Å². The molecule has 3 heterocycles. The molecule has 0 bridgehead atoms. The van der Waals surface area contributed by atoms with E-state index in [9.17, 15) is 4.79 Å². The Balaban J connectivity index is 1.50. The van der Waals surface area contributed by atoms with E-state index < -0.39 is 0 Å². The summed E-state index contributed by atoms with van der Waals surface area (Å²) in [4.78, 5) is 24.5.